The number of alkyl halides is 3. The molecule has 1 fully saturated rings. The molecule has 1 saturated heterocycles. The third kappa shape index (κ3) is 6.02. The number of nitrogens with two attached hydrogens (primary N) is 1. The van der Waals surface area contributed by atoms with Gasteiger partial charge in [-0.3, -0.25) is 4.79 Å². The Kier molecular flexibility index (Phi) is 7.28. The lowest BCUT2D eigenvalue weighted by atomic mass is 10.1. The molecule has 0 saturated carbocycles. The number of carbonyl (C=O) groups excluding carboxylic acids is 2. The summed E-state index contributed by atoms with van der Waals surface area (Å²) < 4.78 is 65.3. The number of carbonyl (C=O) groups is 2. The molecule has 178 valence electrons. The van der Waals surface area contributed by atoms with E-state index in [9.17, 15) is 31.2 Å². The van der Waals surface area contributed by atoms with Crippen molar-refractivity contribution in [3.63, 3.8) is 0 Å². The Balaban J connectivity index is 1.53. The van der Waals surface area contributed by atoms with E-state index < -0.39 is 32.6 Å². The van der Waals surface area contributed by atoms with Crippen LogP contribution >= 0.6 is 0 Å². The number of halogens is 3. The highest BCUT2D eigenvalue weighted by atomic mass is 32.2. The summed E-state index contributed by atoms with van der Waals surface area (Å²) >= 11 is 0. The van der Waals surface area contributed by atoms with Gasteiger partial charge >= 0.3 is 12.2 Å². The molecule has 0 unspecified atom stereocenters. The minimum atomic E-state index is -4.65. The van der Waals surface area contributed by atoms with Crippen LogP contribution in [0.15, 0.2) is 53.4 Å². The first kappa shape index (κ1) is 24.5. The number of sulfonamides is 1. The summed E-state index contributed by atoms with van der Waals surface area (Å²) in [4.78, 5) is 24.6. The predicted octanol–water partition coefficient (Wildman–Crippen LogP) is 2.06. The van der Waals surface area contributed by atoms with Crippen molar-refractivity contribution in [1.29, 1.82) is 0 Å². The maximum absolute atomic E-state index is 12.9. The van der Waals surface area contributed by atoms with Crippen LogP contribution in [0.4, 0.5) is 18.0 Å². The number of hydrogen-bond donors (Lipinski definition) is 2. The fraction of sp³-hybridized carbons (Fsp3) is 0.333. The average molecular weight is 485 g/mol. The average Bonchev–Trinajstić information content (AvgIpc) is 2.79. The summed E-state index contributed by atoms with van der Waals surface area (Å²) in [6.45, 7) is 0.422. The maximum atomic E-state index is 12.9. The van der Waals surface area contributed by atoms with Gasteiger partial charge in [0.2, 0.25) is 15.9 Å². The molecular formula is C21H23F3N4O4S. The first-order valence-corrected chi connectivity index (χ1v) is 11.5. The molecule has 1 aliphatic rings. The molecule has 1 aliphatic heterocycles. The van der Waals surface area contributed by atoms with E-state index in [4.69, 9.17) is 5.73 Å². The number of amides is 3. The Bertz CT molecular complexity index is 1130. The minimum Gasteiger partial charge on any atom is -0.366 e. The third-order valence-corrected chi connectivity index (χ3v) is 7.12. The highest BCUT2D eigenvalue weighted by molar-refractivity contribution is 7.89. The van der Waals surface area contributed by atoms with Crippen LogP contribution in [0.1, 0.15) is 21.5 Å². The highest BCUT2D eigenvalue weighted by Crippen LogP contribution is 2.31. The lowest BCUT2D eigenvalue weighted by molar-refractivity contribution is -0.137. The zero-order valence-corrected chi connectivity index (χ0v) is 18.3. The van der Waals surface area contributed by atoms with E-state index in [1.807, 2.05) is 0 Å². The number of nitrogens with zero attached hydrogens (tertiary/aromatic N) is 2. The van der Waals surface area contributed by atoms with Crippen molar-refractivity contribution >= 4 is 22.0 Å². The van der Waals surface area contributed by atoms with Gasteiger partial charge < -0.3 is 16.0 Å². The normalized spacial score (nSPS) is 15.3. The van der Waals surface area contributed by atoms with E-state index in [1.54, 1.807) is 24.3 Å². The molecule has 0 spiro atoms. The van der Waals surface area contributed by atoms with Crippen LogP contribution in [0.5, 0.6) is 0 Å². The quantitative estimate of drug-likeness (QED) is 0.654. The Labute approximate surface area is 189 Å². The second kappa shape index (κ2) is 9.79. The third-order valence-electron chi connectivity index (χ3n) is 5.23. The number of piperazine rings is 1. The Morgan fingerprint density at radius 1 is 1.00 bits per heavy atom. The zero-order chi connectivity index (χ0) is 24.2. The largest absolute Gasteiger partial charge is 0.416 e. The summed E-state index contributed by atoms with van der Waals surface area (Å²) in [6.07, 6.45) is -4.18. The molecular weight excluding hydrogens is 461 g/mol. The first-order valence-electron chi connectivity index (χ1n) is 10.1. The van der Waals surface area contributed by atoms with E-state index in [-0.39, 0.29) is 32.2 Å². The van der Waals surface area contributed by atoms with Crippen molar-refractivity contribution in [3.8, 4) is 0 Å². The monoisotopic (exact) mass is 484 g/mol. The summed E-state index contributed by atoms with van der Waals surface area (Å²) in [5.74, 6) is -0.543. The summed E-state index contributed by atoms with van der Waals surface area (Å²) in [6, 6.07) is 9.96. The van der Waals surface area contributed by atoms with E-state index in [0.717, 1.165) is 28.1 Å². The number of rotatable bonds is 6. The molecule has 0 bridgehead atoms. The van der Waals surface area contributed by atoms with Gasteiger partial charge in [0.15, 0.2) is 0 Å². The second-order valence-electron chi connectivity index (χ2n) is 7.46. The number of urea groups is 1. The Morgan fingerprint density at radius 2 is 1.67 bits per heavy atom. The first-order chi connectivity index (χ1) is 15.5. The molecule has 3 rings (SSSR count). The van der Waals surface area contributed by atoms with Crippen molar-refractivity contribution in [1.82, 2.24) is 14.5 Å². The number of hydrogen-bond acceptors (Lipinski definition) is 4. The predicted molar refractivity (Wildman–Crippen MR) is 114 cm³/mol. The molecule has 12 heteroatoms. The van der Waals surface area contributed by atoms with Gasteiger partial charge in [-0.25, -0.2) is 13.2 Å². The van der Waals surface area contributed by atoms with Crippen LogP contribution in [0.25, 0.3) is 0 Å². The fourth-order valence-electron chi connectivity index (χ4n) is 3.42. The van der Waals surface area contributed by atoms with Crippen LogP contribution in [0.2, 0.25) is 0 Å². The van der Waals surface area contributed by atoms with Gasteiger partial charge in [0.1, 0.15) is 0 Å². The van der Waals surface area contributed by atoms with E-state index in [0.29, 0.717) is 24.6 Å². The van der Waals surface area contributed by atoms with Gasteiger partial charge in [-0.15, -0.1) is 0 Å². The fourth-order valence-corrected chi connectivity index (χ4v) is 4.89. The standard InChI is InChI=1S/C21H23F3N4O4S/c22-21(23,24)17-5-2-6-18(14-17)33(31,32)28-11-9-27(10-12-28)20(30)26-8-7-15-3-1-4-16(13-15)19(25)29/h1-6,13-14H,7-12H2,(H2,25,29)(H,26,30). The zero-order valence-electron chi connectivity index (χ0n) is 17.5. The van der Waals surface area contributed by atoms with E-state index in [1.165, 1.54) is 4.90 Å². The van der Waals surface area contributed by atoms with Crippen LogP contribution < -0.4 is 11.1 Å². The van der Waals surface area contributed by atoms with Gasteiger partial charge in [-0.05, 0) is 42.3 Å². The van der Waals surface area contributed by atoms with E-state index in [2.05, 4.69) is 5.32 Å². The highest BCUT2D eigenvalue weighted by Gasteiger charge is 2.34. The number of nitrogens with one attached hydrogen (secondary N) is 1. The van der Waals surface area contributed by atoms with Crippen molar-refractivity contribution in [3.05, 3.63) is 65.2 Å². The number of primary amides is 1. The lowest BCUT2D eigenvalue weighted by Gasteiger charge is -2.34. The van der Waals surface area contributed by atoms with Gasteiger partial charge in [0, 0.05) is 38.3 Å². The molecule has 3 amide bonds. The van der Waals surface area contributed by atoms with Gasteiger partial charge in [-0.1, -0.05) is 18.2 Å². The lowest BCUT2D eigenvalue weighted by Crippen LogP contribution is -2.53. The molecule has 0 radical (unpaired) electrons. The van der Waals surface area contributed by atoms with Crippen LogP contribution in [0, 0.1) is 0 Å². The maximum Gasteiger partial charge on any atom is 0.416 e. The molecule has 0 aromatic heterocycles. The van der Waals surface area contributed by atoms with Crippen molar-refractivity contribution in [2.75, 3.05) is 32.7 Å². The topological polar surface area (TPSA) is 113 Å². The van der Waals surface area contributed by atoms with Gasteiger partial charge in [0.25, 0.3) is 0 Å². The summed E-state index contributed by atoms with van der Waals surface area (Å²) in [7, 11) is -4.12. The molecule has 0 aliphatic carbocycles. The van der Waals surface area contributed by atoms with Crippen LogP contribution in [-0.4, -0.2) is 62.3 Å². The summed E-state index contributed by atoms with van der Waals surface area (Å²) in [5, 5.41) is 2.74. The Hall–Kier alpha value is -3.12. The van der Waals surface area contributed by atoms with E-state index >= 15 is 0 Å². The molecule has 2 aromatic carbocycles. The smallest absolute Gasteiger partial charge is 0.366 e. The molecule has 1 heterocycles. The Morgan fingerprint density at radius 3 is 2.30 bits per heavy atom. The van der Waals surface area contributed by atoms with Crippen LogP contribution in [-0.2, 0) is 22.6 Å². The molecule has 3 N–H and O–H groups in total. The molecule has 33 heavy (non-hydrogen) atoms. The van der Waals surface area contributed by atoms with Gasteiger partial charge in [-0.2, -0.15) is 17.5 Å². The minimum absolute atomic E-state index is 0.0351. The number of benzene rings is 2. The van der Waals surface area contributed by atoms with Crippen molar-refractivity contribution < 1.29 is 31.2 Å². The molecule has 8 nitrogen and oxygen atoms in total. The molecule has 0 atom stereocenters. The SMILES string of the molecule is NC(=O)c1cccc(CCNC(=O)N2CCN(S(=O)(=O)c3cccc(C(F)(F)F)c3)CC2)c1. The van der Waals surface area contributed by atoms with Gasteiger partial charge in [0.05, 0.1) is 10.5 Å². The van der Waals surface area contributed by atoms with Crippen LogP contribution in [0.3, 0.4) is 0 Å². The summed E-state index contributed by atoms with van der Waals surface area (Å²) in [5.41, 5.74) is 5.41. The van der Waals surface area contributed by atoms with Crippen molar-refractivity contribution in [2.45, 2.75) is 17.5 Å². The second-order valence-corrected chi connectivity index (χ2v) is 9.40. The van der Waals surface area contributed by atoms with Crippen molar-refractivity contribution in [2.24, 2.45) is 5.73 Å². The molecule has 2 aromatic rings.